The summed E-state index contributed by atoms with van der Waals surface area (Å²) in [4.78, 5) is 25.3. The first kappa shape index (κ1) is 15.4. The fourth-order valence-electron chi connectivity index (χ4n) is 2.08. The van der Waals surface area contributed by atoms with Gasteiger partial charge in [0.25, 0.3) is 5.91 Å². The van der Waals surface area contributed by atoms with Gasteiger partial charge in [-0.3, -0.25) is 9.59 Å². The van der Waals surface area contributed by atoms with Gasteiger partial charge in [0.1, 0.15) is 0 Å². The Morgan fingerprint density at radius 2 is 2.00 bits per heavy atom. The number of hydrogen-bond acceptors (Lipinski definition) is 3. The van der Waals surface area contributed by atoms with Crippen molar-refractivity contribution in [3.8, 4) is 0 Å². The third-order valence-electron chi connectivity index (χ3n) is 3.28. The second-order valence-corrected chi connectivity index (χ2v) is 4.91. The Labute approximate surface area is 121 Å². The van der Waals surface area contributed by atoms with E-state index in [9.17, 15) is 18.4 Å². The molecule has 0 bridgehead atoms. The molecule has 1 aromatic carbocycles. The van der Waals surface area contributed by atoms with Crippen LogP contribution in [0.1, 0.15) is 36.5 Å². The Kier molecular flexibility index (Phi) is 4.88. The summed E-state index contributed by atoms with van der Waals surface area (Å²) in [6, 6.07) is 3.14. The van der Waals surface area contributed by atoms with Crippen molar-refractivity contribution in [1.82, 2.24) is 4.90 Å². The zero-order valence-corrected chi connectivity index (χ0v) is 11.8. The highest BCUT2D eigenvalue weighted by atomic mass is 19.2. The number of halogens is 2. The van der Waals surface area contributed by atoms with Crippen molar-refractivity contribution in [3.05, 3.63) is 35.4 Å². The van der Waals surface area contributed by atoms with Crippen molar-refractivity contribution in [2.45, 2.75) is 32.2 Å². The third kappa shape index (κ3) is 4.00. The summed E-state index contributed by atoms with van der Waals surface area (Å²) >= 11 is 0. The third-order valence-corrected chi connectivity index (χ3v) is 3.28. The first-order valence-electron chi connectivity index (χ1n) is 6.94. The highest BCUT2D eigenvalue weighted by molar-refractivity contribution is 5.94. The Morgan fingerprint density at radius 3 is 2.57 bits per heavy atom. The Hall–Kier alpha value is -1.98. The van der Waals surface area contributed by atoms with E-state index in [0.29, 0.717) is 6.61 Å². The summed E-state index contributed by atoms with van der Waals surface area (Å²) in [5.74, 6) is -2.81. The van der Waals surface area contributed by atoms with Crippen LogP contribution in [0.4, 0.5) is 8.78 Å². The van der Waals surface area contributed by atoms with Crippen LogP contribution in [0, 0.1) is 11.6 Å². The van der Waals surface area contributed by atoms with Crippen molar-refractivity contribution < 1.29 is 23.1 Å². The van der Waals surface area contributed by atoms with Crippen LogP contribution < -0.4 is 0 Å². The lowest BCUT2D eigenvalue weighted by molar-refractivity contribution is -0.143. The normalized spacial score (nSPS) is 13.9. The molecular formula is C15H17F2NO3. The maximum absolute atomic E-state index is 13.2. The summed E-state index contributed by atoms with van der Waals surface area (Å²) in [5, 5.41) is 0. The SMILES string of the molecule is CCOC(=O)CCN(C(=O)c1ccc(F)c(F)c1)C1CC1. The van der Waals surface area contributed by atoms with Gasteiger partial charge in [-0.15, -0.1) is 0 Å². The molecule has 0 aromatic heterocycles. The molecule has 0 radical (unpaired) electrons. The average molecular weight is 297 g/mol. The number of rotatable bonds is 6. The van der Waals surface area contributed by atoms with E-state index >= 15 is 0 Å². The zero-order valence-electron chi connectivity index (χ0n) is 11.8. The first-order valence-corrected chi connectivity index (χ1v) is 6.94. The summed E-state index contributed by atoms with van der Waals surface area (Å²) in [6.45, 7) is 2.23. The first-order chi connectivity index (χ1) is 10.0. The number of hydrogen-bond donors (Lipinski definition) is 0. The molecule has 1 saturated carbocycles. The van der Waals surface area contributed by atoms with E-state index in [2.05, 4.69) is 0 Å². The minimum atomic E-state index is -1.05. The van der Waals surface area contributed by atoms with Crippen LogP contribution in [0.25, 0.3) is 0 Å². The monoisotopic (exact) mass is 297 g/mol. The highest BCUT2D eigenvalue weighted by Gasteiger charge is 2.33. The summed E-state index contributed by atoms with van der Waals surface area (Å²) < 4.78 is 31.0. The predicted molar refractivity (Wildman–Crippen MR) is 71.7 cm³/mol. The topological polar surface area (TPSA) is 46.6 Å². The molecule has 1 amide bonds. The number of amides is 1. The number of benzene rings is 1. The van der Waals surface area contributed by atoms with E-state index in [-0.39, 0.29) is 36.4 Å². The molecule has 0 N–H and O–H groups in total. The fraction of sp³-hybridized carbons (Fsp3) is 0.467. The minimum absolute atomic E-state index is 0.0695. The minimum Gasteiger partial charge on any atom is -0.466 e. The molecule has 1 aromatic rings. The van der Waals surface area contributed by atoms with Gasteiger partial charge in [-0.2, -0.15) is 0 Å². The standard InChI is InChI=1S/C15H17F2NO3/c1-2-21-14(19)7-8-18(11-4-5-11)15(20)10-3-6-12(16)13(17)9-10/h3,6,9,11H,2,4-5,7-8H2,1H3. The molecule has 0 atom stereocenters. The summed E-state index contributed by atoms with van der Waals surface area (Å²) in [5.41, 5.74) is 0.0876. The molecule has 0 saturated heterocycles. The Morgan fingerprint density at radius 1 is 1.29 bits per heavy atom. The average Bonchev–Trinajstić information content (AvgIpc) is 3.27. The van der Waals surface area contributed by atoms with Crippen molar-refractivity contribution >= 4 is 11.9 Å². The van der Waals surface area contributed by atoms with Gasteiger partial charge >= 0.3 is 5.97 Å². The molecular weight excluding hydrogens is 280 g/mol. The van der Waals surface area contributed by atoms with Crippen LogP contribution in [0.5, 0.6) is 0 Å². The molecule has 2 rings (SSSR count). The molecule has 114 valence electrons. The quantitative estimate of drug-likeness (QED) is 0.758. The van der Waals surface area contributed by atoms with Crippen molar-refractivity contribution in [3.63, 3.8) is 0 Å². The molecule has 1 aliphatic carbocycles. The van der Waals surface area contributed by atoms with Gasteiger partial charge in [0.05, 0.1) is 13.0 Å². The molecule has 21 heavy (non-hydrogen) atoms. The van der Waals surface area contributed by atoms with Crippen molar-refractivity contribution in [2.24, 2.45) is 0 Å². The van der Waals surface area contributed by atoms with Crippen molar-refractivity contribution in [2.75, 3.05) is 13.2 Å². The fourth-order valence-corrected chi connectivity index (χ4v) is 2.08. The van der Waals surface area contributed by atoms with E-state index in [0.717, 1.165) is 25.0 Å². The summed E-state index contributed by atoms with van der Waals surface area (Å²) in [6.07, 6.45) is 1.82. The maximum Gasteiger partial charge on any atom is 0.307 e. The van der Waals surface area contributed by atoms with Crippen LogP contribution >= 0.6 is 0 Å². The molecule has 0 heterocycles. The smallest absolute Gasteiger partial charge is 0.307 e. The highest BCUT2D eigenvalue weighted by Crippen LogP contribution is 2.28. The molecule has 4 nitrogen and oxygen atoms in total. The largest absolute Gasteiger partial charge is 0.466 e. The van der Waals surface area contributed by atoms with E-state index in [1.807, 2.05) is 0 Å². The molecule has 1 aliphatic rings. The van der Waals surface area contributed by atoms with Gasteiger partial charge in [-0.25, -0.2) is 8.78 Å². The number of carbonyl (C=O) groups is 2. The number of nitrogens with zero attached hydrogens (tertiary/aromatic N) is 1. The van der Waals surface area contributed by atoms with E-state index in [1.165, 1.54) is 11.0 Å². The maximum atomic E-state index is 13.2. The molecule has 0 spiro atoms. The van der Waals surface area contributed by atoms with Gasteiger partial charge in [-0.1, -0.05) is 0 Å². The zero-order chi connectivity index (χ0) is 15.4. The number of carbonyl (C=O) groups excluding carboxylic acids is 2. The predicted octanol–water partition coefficient (Wildman–Crippen LogP) is 2.52. The molecule has 1 fully saturated rings. The lowest BCUT2D eigenvalue weighted by Crippen LogP contribution is -2.35. The van der Waals surface area contributed by atoms with E-state index < -0.39 is 11.6 Å². The van der Waals surface area contributed by atoms with Crippen LogP contribution in [-0.4, -0.2) is 36.0 Å². The second kappa shape index (κ2) is 6.65. The van der Waals surface area contributed by atoms with Crippen LogP contribution in [-0.2, 0) is 9.53 Å². The lowest BCUT2D eigenvalue weighted by Gasteiger charge is -2.22. The Bertz CT molecular complexity index is 544. The van der Waals surface area contributed by atoms with Gasteiger partial charge < -0.3 is 9.64 Å². The lowest BCUT2D eigenvalue weighted by atomic mass is 10.1. The van der Waals surface area contributed by atoms with E-state index in [1.54, 1.807) is 6.92 Å². The molecule has 0 unspecified atom stereocenters. The van der Waals surface area contributed by atoms with Crippen LogP contribution in [0.3, 0.4) is 0 Å². The second-order valence-electron chi connectivity index (χ2n) is 4.91. The van der Waals surface area contributed by atoms with Crippen LogP contribution in [0.2, 0.25) is 0 Å². The summed E-state index contributed by atoms with van der Waals surface area (Å²) in [7, 11) is 0. The Balaban J connectivity index is 2.05. The molecule has 6 heteroatoms. The van der Waals surface area contributed by atoms with Crippen LogP contribution in [0.15, 0.2) is 18.2 Å². The van der Waals surface area contributed by atoms with Gasteiger partial charge in [0.2, 0.25) is 0 Å². The number of ether oxygens (including phenoxy) is 1. The van der Waals surface area contributed by atoms with Gasteiger partial charge in [0, 0.05) is 18.2 Å². The van der Waals surface area contributed by atoms with E-state index in [4.69, 9.17) is 4.74 Å². The van der Waals surface area contributed by atoms with Gasteiger partial charge in [-0.05, 0) is 38.0 Å². The van der Waals surface area contributed by atoms with Gasteiger partial charge in [0.15, 0.2) is 11.6 Å². The number of esters is 1. The van der Waals surface area contributed by atoms with Crippen molar-refractivity contribution in [1.29, 1.82) is 0 Å². The molecule has 0 aliphatic heterocycles.